The molecule has 110 valence electrons. The first kappa shape index (κ1) is 13.8. The van der Waals surface area contributed by atoms with Crippen LogP contribution in [0.25, 0.3) is 0 Å². The highest BCUT2D eigenvalue weighted by Crippen LogP contribution is 2.31. The first-order valence-corrected chi connectivity index (χ1v) is 7.39. The van der Waals surface area contributed by atoms with Crippen LogP contribution in [0.4, 0.5) is 0 Å². The van der Waals surface area contributed by atoms with Gasteiger partial charge in [-0.05, 0) is 44.4 Å². The second-order valence-electron chi connectivity index (χ2n) is 5.55. The van der Waals surface area contributed by atoms with Gasteiger partial charge in [0.1, 0.15) is 5.69 Å². The van der Waals surface area contributed by atoms with Crippen LogP contribution in [0.3, 0.4) is 0 Å². The molecular weight excluding hydrogens is 264 g/mol. The molecular formula is C16H20N4O. The van der Waals surface area contributed by atoms with Crippen LogP contribution in [0, 0.1) is 6.92 Å². The largest absolute Gasteiger partial charge is 0.329 e. The Morgan fingerprint density at radius 2 is 2.14 bits per heavy atom. The van der Waals surface area contributed by atoms with Crippen molar-refractivity contribution in [3.8, 4) is 0 Å². The smallest absolute Gasteiger partial charge is 0.273 e. The van der Waals surface area contributed by atoms with Gasteiger partial charge < -0.3 is 4.90 Å². The van der Waals surface area contributed by atoms with Crippen LogP contribution in [0.2, 0.25) is 0 Å². The SMILES string of the molecule is Cc1cccc(C(=O)N2CCCC[C@H]2c2ccnn2C)n1. The molecule has 1 saturated heterocycles. The molecule has 0 radical (unpaired) electrons. The number of aromatic nitrogens is 3. The van der Waals surface area contributed by atoms with Gasteiger partial charge in [-0.3, -0.25) is 9.48 Å². The predicted octanol–water partition coefficient (Wildman–Crippen LogP) is 2.49. The van der Waals surface area contributed by atoms with E-state index in [2.05, 4.69) is 10.1 Å². The fourth-order valence-electron chi connectivity index (χ4n) is 3.00. The van der Waals surface area contributed by atoms with E-state index in [0.29, 0.717) is 5.69 Å². The lowest BCUT2D eigenvalue weighted by atomic mass is 9.98. The van der Waals surface area contributed by atoms with Gasteiger partial charge in [0.25, 0.3) is 5.91 Å². The zero-order valence-corrected chi connectivity index (χ0v) is 12.5. The first-order chi connectivity index (χ1) is 10.2. The minimum Gasteiger partial charge on any atom is -0.329 e. The van der Waals surface area contributed by atoms with Gasteiger partial charge in [-0.1, -0.05) is 6.07 Å². The van der Waals surface area contributed by atoms with E-state index >= 15 is 0 Å². The molecule has 0 N–H and O–H groups in total. The van der Waals surface area contributed by atoms with E-state index in [9.17, 15) is 4.79 Å². The maximum Gasteiger partial charge on any atom is 0.273 e. The number of rotatable bonds is 2. The summed E-state index contributed by atoms with van der Waals surface area (Å²) >= 11 is 0. The monoisotopic (exact) mass is 284 g/mol. The lowest BCUT2D eigenvalue weighted by Gasteiger charge is -2.35. The zero-order valence-electron chi connectivity index (χ0n) is 12.5. The van der Waals surface area contributed by atoms with Gasteiger partial charge in [-0.25, -0.2) is 4.98 Å². The van der Waals surface area contributed by atoms with Crippen LogP contribution >= 0.6 is 0 Å². The summed E-state index contributed by atoms with van der Waals surface area (Å²) in [4.78, 5) is 19.1. The molecule has 5 heteroatoms. The Balaban J connectivity index is 1.91. The third-order valence-electron chi connectivity index (χ3n) is 4.07. The molecule has 5 nitrogen and oxygen atoms in total. The summed E-state index contributed by atoms with van der Waals surface area (Å²) in [6, 6.07) is 7.69. The number of hydrogen-bond donors (Lipinski definition) is 0. The molecule has 0 saturated carbocycles. The van der Waals surface area contributed by atoms with Crippen LogP contribution < -0.4 is 0 Å². The summed E-state index contributed by atoms with van der Waals surface area (Å²) in [5.74, 6) is 0.0181. The van der Waals surface area contributed by atoms with Crippen molar-refractivity contribution in [1.29, 1.82) is 0 Å². The average molecular weight is 284 g/mol. The van der Waals surface area contributed by atoms with Crippen molar-refractivity contribution in [1.82, 2.24) is 19.7 Å². The van der Waals surface area contributed by atoms with Gasteiger partial charge in [0.05, 0.1) is 11.7 Å². The first-order valence-electron chi connectivity index (χ1n) is 7.39. The van der Waals surface area contributed by atoms with Gasteiger partial charge in [0.2, 0.25) is 0 Å². The zero-order chi connectivity index (χ0) is 14.8. The Bertz CT molecular complexity index is 649. The molecule has 1 aliphatic heterocycles. The summed E-state index contributed by atoms with van der Waals surface area (Å²) < 4.78 is 1.86. The van der Waals surface area contributed by atoms with Crippen LogP contribution in [0.5, 0.6) is 0 Å². The fourth-order valence-corrected chi connectivity index (χ4v) is 3.00. The molecule has 3 heterocycles. The Kier molecular flexibility index (Phi) is 3.73. The van der Waals surface area contributed by atoms with Crippen LogP contribution in [-0.4, -0.2) is 32.1 Å². The van der Waals surface area contributed by atoms with Crippen molar-refractivity contribution in [2.45, 2.75) is 32.2 Å². The maximum atomic E-state index is 12.8. The summed E-state index contributed by atoms with van der Waals surface area (Å²) in [5.41, 5.74) is 2.50. The number of amides is 1. The van der Waals surface area contributed by atoms with Gasteiger partial charge in [-0.2, -0.15) is 5.10 Å². The number of likely N-dealkylation sites (tertiary alicyclic amines) is 1. The van der Waals surface area contributed by atoms with Crippen molar-refractivity contribution in [2.24, 2.45) is 7.05 Å². The fraction of sp³-hybridized carbons (Fsp3) is 0.438. The molecule has 2 aromatic heterocycles. The van der Waals surface area contributed by atoms with E-state index in [4.69, 9.17) is 0 Å². The normalized spacial score (nSPS) is 18.8. The standard InChI is InChI=1S/C16H20N4O/c1-12-6-5-7-13(18-12)16(21)20-11-4-3-8-15(20)14-9-10-17-19(14)2/h5-7,9-10,15H,3-4,8,11H2,1-2H3/t15-/m0/s1. The van der Waals surface area contributed by atoms with E-state index in [1.165, 1.54) is 0 Å². The predicted molar refractivity (Wildman–Crippen MR) is 79.8 cm³/mol. The number of piperidine rings is 1. The number of carbonyl (C=O) groups is 1. The number of carbonyl (C=O) groups excluding carboxylic acids is 1. The second-order valence-corrected chi connectivity index (χ2v) is 5.55. The quantitative estimate of drug-likeness (QED) is 0.851. The van der Waals surface area contributed by atoms with E-state index in [1.54, 1.807) is 12.3 Å². The summed E-state index contributed by atoms with van der Waals surface area (Å²) in [6.45, 7) is 2.69. The van der Waals surface area contributed by atoms with Crippen LogP contribution in [0.1, 0.15) is 47.2 Å². The average Bonchev–Trinajstić information content (AvgIpc) is 2.92. The third-order valence-corrected chi connectivity index (χ3v) is 4.07. The van der Waals surface area contributed by atoms with E-state index in [-0.39, 0.29) is 11.9 Å². The second kappa shape index (κ2) is 5.68. The molecule has 0 unspecified atom stereocenters. The molecule has 0 aliphatic carbocycles. The molecule has 21 heavy (non-hydrogen) atoms. The lowest BCUT2D eigenvalue weighted by molar-refractivity contribution is 0.0595. The number of pyridine rings is 1. The maximum absolute atomic E-state index is 12.8. The third kappa shape index (κ3) is 2.68. The molecule has 1 atom stereocenters. The van der Waals surface area contributed by atoms with Gasteiger partial charge in [0.15, 0.2) is 0 Å². The minimum absolute atomic E-state index is 0.0181. The van der Waals surface area contributed by atoms with E-state index in [0.717, 1.165) is 37.2 Å². The number of aryl methyl sites for hydroxylation is 2. The van der Waals surface area contributed by atoms with Crippen molar-refractivity contribution in [3.05, 3.63) is 47.5 Å². The van der Waals surface area contributed by atoms with Crippen molar-refractivity contribution in [3.63, 3.8) is 0 Å². The molecule has 1 amide bonds. The number of nitrogens with zero attached hydrogens (tertiary/aromatic N) is 4. The summed E-state index contributed by atoms with van der Waals surface area (Å²) in [5, 5.41) is 4.24. The highest BCUT2D eigenvalue weighted by Gasteiger charge is 2.30. The molecule has 1 aliphatic rings. The van der Waals surface area contributed by atoms with E-state index < -0.39 is 0 Å². The molecule has 1 fully saturated rings. The number of hydrogen-bond acceptors (Lipinski definition) is 3. The molecule has 0 bridgehead atoms. The molecule has 0 spiro atoms. The van der Waals surface area contributed by atoms with Crippen molar-refractivity contribution in [2.75, 3.05) is 6.54 Å². The summed E-state index contributed by atoms with van der Waals surface area (Å²) in [6.07, 6.45) is 4.96. The van der Waals surface area contributed by atoms with Crippen LogP contribution in [-0.2, 0) is 7.05 Å². The Labute approximate surface area is 124 Å². The lowest BCUT2D eigenvalue weighted by Crippen LogP contribution is -2.39. The highest BCUT2D eigenvalue weighted by molar-refractivity contribution is 5.92. The Hall–Kier alpha value is -2.17. The minimum atomic E-state index is 0.0181. The van der Waals surface area contributed by atoms with Crippen molar-refractivity contribution >= 4 is 5.91 Å². The highest BCUT2D eigenvalue weighted by atomic mass is 16.2. The molecule has 3 rings (SSSR count). The Morgan fingerprint density at radius 1 is 1.29 bits per heavy atom. The molecule has 2 aromatic rings. The van der Waals surface area contributed by atoms with Gasteiger partial charge in [-0.15, -0.1) is 0 Å². The Morgan fingerprint density at radius 3 is 2.86 bits per heavy atom. The molecule has 0 aromatic carbocycles. The van der Waals surface area contributed by atoms with Crippen molar-refractivity contribution < 1.29 is 4.79 Å². The topological polar surface area (TPSA) is 51.0 Å². The van der Waals surface area contributed by atoms with Gasteiger partial charge >= 0.3 is 0 Å². The van der Waals surface area contributed by atoms with Crippen LogP contribution in [0.15, 0.2) is 30.5 Å². The van der Waals surface area contributed by atoms with Gasteiger partial charge in [0, 0.05) is 25.5 Å². The van der Waals surface area contributed by atoms with E-state index in [1.807, 2.05) is 41.8 Å². The summed E-state index contributed by atoms with van der Waals surface area (Å²) in [7, 11) is 1.93.